The van der Waals surface area contributed by atoms with E-state index in [4.69, 9.17) is 15.2 Å². The normalized spacial score (nSPS) is 16.6. The highest BCUT2D eigenvalue weighted by Crippen LogP contribution is 2.35. The highest BCUT2D eigenvalue weighted by Gasteiger charge is 2.24. The number of nitrogens with zero attached hydrogens (tertiary/aromatic N) is 1. The van der Waals surface area contributed by atoms with Gasteiger partial charge in [-0.2, -0.15) is 0 Å². The summed E-state index contributed by atoms with van der Waals surface area (Å²) in [5, 5.41) is 0. The van der Waals surface area contributed by atoms with Gasteiger partial charge in [0.25, 0.3) is 0 Å². The zero-order chi connectivity index (χ0) is 16.1. The van der Waals surface area contributed by atoms with Crippen molar-refractivity contribution < 1.29 is 9.47 Å². The number of nitrogen functional groups attached to an aromatic ring is 1. The summed E-state index contributed by atoms with van der Waals surface area (Å²) in [4.78, 5) is 2.36. The lowest BCUT2D eigenvalue weighted by Crippen LogP contribution is -2.40. The fraction of sp³-hybridized carbons (Fsp3) is 0.368. The Labute approximate surface area is 137 Å². The van der Waals surface area contributed by atoms with Gasteiger partial charge in [-0.3, -0.25) is 0 Å². The number of hydrogen-bond donors (Lipinski definition) is 1. The predicted octanol–water partition coefficient (Wildman–Crippen LogP) is 3.72. The van der Waals surface area contributed by atoms with Crippen LogP contribution < -0.4 is 20.1 Å². The first-order valence-electron chi connectivity index (χ1n) is 8.25. The van der Waals surface area contributed by atoms with Gasteiger partial charge in [0.15, 0.2) is 0 Å². The van der Waals surface area contributed by atoms with Gasteiger partial charge in [0.1, 0.15) is 17.6 Å². The minimum Gasteiger partial charge on any atom is -0.494 e. The lowest BCUT2D eigenvalue weighted by atomic mass is 10.1. The van der Waals surface area contributed by atoms with Crippen LogP contribution in [0.5, 0.6) is 11.5 Å². The predicted molar refractivity (Wildman–Crippen MR) is 94.3 cm³/mol. The third-order valence-electron chi connectivity index (χ3n) is 4.08. The number of benzene rings is 2. The van der Waals surface area contributed by atoms with Crippen LogP contribution in [0, 0.1) is 0 Å². The molecule has 0 amide bonds. The van der Waals surface area contributed by atoms with E-state index in [1.165, 1.54) is 0 Å². The molecule has 0 aromatic heterocycles. The third-order valence-corrected chi connectivity index (χ3v) is 4.08. The van der Waals surface area contributed by atoms with Crippen molar-refractivity contribution in [3.05, 3.63) is 48.5 Å². The molecule has 3 rings (SSSR count). The molecule has 1 aliphatic rings. The lowest BCUT2D eigenvalue weighted by Gasteiger charge is -2.36. The second-order valence-corrected chi connectivity index (χ2v) is 5.84. The van der Waals surface area contributed by atoms with E-state index in [1.807, 2.05) is 48.5 Å². The van der Waals surface area contributed by atoms with Crippen LogP contribution in [-0.4, -0.2) is 25.8 Å². The average molecular weight is 312 g/mol. The molecule has 4 heteroatoms. The van der Waals surface area contributed by atoms with Crippen LogP contribution >= 0.6 is 0 Å². The van der Waals surface area contributed by atoms with Crippen molar-refractivity contribution in [1.29, 1.82) is 0 Å². The number of anilines is 2. The van der Waals surface area contributed by atoms with Gasteiger partial charge in [0.05, 0.1) is 18.8 Å². The third kappa shape index (κ3) is 3.89. The monoisotopic (exact) mass is 312 g/mol. The van der Waals surface area contributed by atoms with Gasteiger partial charge in [0.2, 0.25) is 0 Å². The number of para-hydroxylation sites is 1. The molecule has 0 saturated carbocycles. The van der Waals surface area contributed by atoms with E-state index in [-0.39, 0.29) is 6.10 Å². The van der Waals surface area contributed by atoms with E-state index in [0.29, 0.717) is 6.61 Å². The highest BCUT2D eigenvalue weighted by molar-refractivity contribution is 5.66. The maximum absolute atomic E-state index is 6.01. The molecule has 0 bridgehead atoms. The highest BCUT2D eigenvalue weighted by atomic mass is 16.5. The van der Waals surface area contributed by atoms with E-state index in [1.54, 1.807) is 0 Å². The van der Waals surface area contributed by atoms with Gasteiger partial charge < -0.3 is 20.1 Å². The SMILES string of the molecule is CCC1CN(CCCOc2ccccc2)c2cc(N)ccc2O1. The summed E-state index contributed by atoms with van der Waals surface area (Å²) in [5.74, 6) is 1.85. The van der Waals surface area contributed by atoms with Gasteiger partial charge >= 0.3 is 0 Å². The van der Waals surface area contributed by atoms with Crippen molar-refractivity contribution >= 4 is 11.4 Å². The molecule has 2 aromatic carbocycles. The molecule has 1 atom stereocenters. The summed E-state index contributed by atoms with van der Waals surface area (Å²) in [7, 11) is 0. The largest absolute Gasteiger partial charge is 0.494 e. The molecule has 1 unspecified atom stereocenters. The summed E-state index contributed by atoms with van der Waals surface area (Å²) in [6.07, 6.45) is 2.20. The fourth-order valence-electron chi connectivity index (χ4n) is 2.83. The van der Waals surface area contributed by atoms with Crippen molar-refractivity contribution in [2.75, 3.05) is 30.3 Å². The molecule has 4 nitrogen and oxygen atoms in total. The van der Waals surface area contributed by atoms with Crippen LogP contribution in [0.25, 0.3) is 0 Å². The second kappa shape index (κ2) is 7.27. The first-order chi connectivity index (χ1) is 11.3. The molecular weight excluding hydrogens is 288 g/mol. The molecular formula is C19H24N2O2. The number of ether oxygens (including phenoxy) is 2. The van der Waals surface area contributed by atoms with E-state index >= 15 is 0 Å². The maximum atomic E-state index is 6.01. The lowest BCUT2D eigenvalue weighted by molar-refractivity contribution is 0.188. The molecule has 23 heavy (non-hydrogen) atoms. The van der Waals surface area contributed by atoms with Crippen LogP contribution in [0.2, 0.25) is 0 Å². The second-order valence-electron chi connectivity index (χ2n) is 5.84. The summed E-state index contributed by atoms with van der Waals surface area (Å²) in [5.41, 5.74) is 7.80. The van der Waals surface area contributed by atoms with Crippen molar-refractivity contribution in [3.63, 3.8) is 0 Å². The van der Waals surface area contributed by atoms with Crippen LogP contribution in [-0.2, 0) is 0 Å². The molecule has 1 aliphatic heterocycles. The van der Waals surface area contributed by atoms with Crippen LogP contribution in [0.3, 0.4) is 0 Å². The Hall–Kier alpha value is -2.36. The fourth-order valence-corrected chi connectivity index (χ4v) is 2.83. The Kier molecular flexibility index (Phi) is 4.91. The van der Waals surface area contributed by atoms with Crippen LogP contribution in [0.15, 0.2) is 48.5 Å². The Morgan fingerprint density at radius 3 is 2.83 bits per heavy atom. The Morgan fingerprint density at radius 1 is 1.22 bits per heavy atom. The van der Waals surface area contributed by atoms with Gasteiger partial charge in [-0.1, -0.05) is 25.1 Å². The first kappa shape index (κ1) is 15.5. The summed E-state index contributed by atoms with van der Waals surface area (Å²) in [6, 6.07) is 15.8. The molecule has 0 radical (unpaired) electrons. The van der Waals surface area contributed by atoms with E-state index in [0.717, 1.165) is 48.8 Å². The minimum absolute atomic E-state index is 0.237. The number of rotatable bonds is 6. The van der Waals surface area contributed by atoms with E-state index in [2.05, 4.69) is 11.8 Å². The van der Waals surface area contributed by atoms with Crippen molar-refractivity contribution in [3.8, 4) is 11.5 Å². The standard InChI is InChI=1S/C19H24N2O2/c1-2-16-14-21(18-13-15(20)9-10-19(18)23-16)11-6-12-22-17-7-4-3-5-8-17/h3-5,7-10,13,16H,2,6,11-12,14,20H2,1H3. The molecule has 0 spiro atoms. The molecule has 2 aromatic rings. The Morgan fingerprint density at radius 2 is 2.04 bits per heavy atom. The van der Waals surface area contributed by atoms with Crippen molar-refractivity contribution in [1.82, 2.24) is 0 Å². The number of hydrogen-bond acceptors (Lipinski definition) is 4. The average Bonchev–Trinajstić information content (AvgIpc) is 2.59. The minimum atomic E-state index is 0.237. The molecule has 1 heterocycles. The Bertz CT molecular complexity index is 631. The topological polar surface area (TPSA) is 47.7 Å². The summed E-state index contributed by atoms with van der Waals surface area (Å²) in [6.45, 7) is 4.70. The van der Waals surface area contributed by atoms with Crippen molar-refractivity contribution in [2.24, 2.45) is 0 Å². The number of fused-ring (bicyclic) bond motifs is 1. The number of nitrogens with two attached hydrogens (primary N) is 1. The van der Waals surface area contributed by atoms with Crippen LogP contribution in [0.4, 0.5) is 11.4 Å². The summed E-state index contributed by atoms with van der Waals surface area (Å²) < 4.78 is 11.8. The van der Waals surface area contributed by atoms with Gasteiger partial charge in [0, 0.05) is 12.2 Å². The van der Waals surface area contributed by atoms with Gasteiger partial charge in [-0.05, 0) is 43.2 Å². The molecule has 0 aliphatic carbocycles. The first-order valence-corrected chi connectivity index (χ1v) is 8.25. The zero-order valence-corrected chi connectivity index (χ0v) is 13.6. The quantitative estimate of drug-likeness (QED) is 0.652. The van der Waals surface area contributed by atoms with Crippen molar-refractivity contribution in [2.45, 2.75) is 25.9 Å². The molecule has 2 N–H and O–H groups in total. The van der Waals surface area contributed by atoms with E-state index in [9.17, 15) is 0 Å². The molecule has 122 valence electrons. The smallest absolute Gasteiger partial charge is 0.143 e. The summed E-state index contributed by atoms with van der Waals surface area (Å²) >= 11 is 0. The molecule has 0 fully saturated rings. The van der Waals surface area contributed by atoms with Gasteiger partial charge in [-0.15, -0.1) is 0 Å². The van der Waals surface area contributed by atoms with Gasteiger partial charge in [-0.25, -0.2) is 0 Å². The molecule has 0 saturated heterocycles. The Balaban J connectivity index is 1.59. The van der Waals surface area contributed by atoms with Crippen LogP contribution in [0.1, 0.15) is 19.8 Å². The van der Waals surface area contributed by atoms with E-state index < -0.39 is 0 Å². The maximum Gasteiger partial charge on any atom is 0.143 e. The zero-order valence-electron chi connectivity index (χ0n) is 13.6.